The summed E-state index contributed by atoms with van der Waals surface area (Å²) < 4.78 is 1.55. The molecule has 2 aromatic heterocycles. The quantitative estimate of drug-likeness (QED) is 0.595. The van der Waals surface area contributed by atoms with E-state index in [0.29, 0.717) is 5.75 Å². The van der Waals surface area contributed by atoms with Gasteiger partial charge in [-0.25, -0.2) is 9.97 Å². The predicted molar refractivity (Wildman–Crippen MR) is 63.3 cm³/mol. The molecular formula is C11H11N3OS. The number of pyridine rings is 1. The zero-order chi connectivity index (χ0) is 11.4. The first-order valence-corrected chi connectivity index (χ1v) is 5.79. The lowest BCUT2D eigenvalue weighted by Crippen LogP contribution is -2.14. The summed E-state index contributed by atoms with van der Waals surface area (Å²) in [5.41, 5.74) is 0.993. The molecule has 4 nitrogen and oxygen atoms in total. The number of rotatable bonds is 3. The van der Waals surface area contributed by atoms with E-state index in [2.05, 4.69) is 9.97 Å². The van der Waals surface area contributed by atoms with E-state index in [4.69, 9.17) is 0 Å². The van der Waals surface area contributed by atoms with Crippen molar-refractivity contribution in [2.45, 2.75) is 10.9 Å². The Morgan fingerprint density at radius 1 is 1.38 bits per heavy atom. The normalized spacial score (nSPS) is 10.3. The van der Waals surface area contributed by atoms with Gasteiger partial charge in [0.1, 0.15) is 0 Å². The lowest BCUT2D eigenvalue weighted by Gasteiger charge is -2.01. The summed E-state index contributed by atoms with van der Waals surface area (Å²) in [6, 6.07) is 5.34. The predicted octanol–water partition coefficient (Wildman–Crippen LogP) is 1.47. The average molecular weight is 233 g/mol. The molecule has 0 radical (unpaired) electrons. The highest BCUT2D eigenvalue weighted by atomic mass is 32.2. The van der Waals surface area contributed by atoms with Gasteiger partial charge in [0.15, 0.2) is 5.16 Å². The van der Waals surface area contributed by atoms with Gasteiger partial charge in [0.2, 0.25) is 0 Å². The van der Waals surface area contributed by atoms with Crippen LogP contribution in [-0.2, 0) is 12.8 Å². The fraction of sp³-hybridized carbons (Fsp3) is 0.182. The summed E-state index contributed by atoms with van der Waals surface area (Å²) >= 11 is 1.52. The zero-order valence-electron chi connectivity index (χ0n) is 8.83. The summed E-state index contributed by atoms with van der Waals surface area (Å²) in [5, 5.41) is 0.725. The highest BCUT2D eigenvalue weighted by Crippen LogP contribution is 2.16. The minimum absolute atomic E-state index is 0.00656. The van der Waals surface area contributed by atoms with Crippen LogP contribution >= 0.6 is 11.8 Å². The molecule has 0 fully saturated rings. The van der Waals surface area contributed by atoms with Gasteiger partial charge in [0.25, 0.3) is 5.56 Å². The van der Waals surface area contributed by atoms with Gasteiger partial charge in [-0.1, -0.05) is 11.8 Å². The molecule has 5 heteroatoms. The monoisotopic (exact) mass is 233 g/mol. The third-order valence-corrected chi connectivity index (χ3v) is 3.03. The minimum atomic E-state index is 0.00656. The molecule has 0 saturated carbocycles. The van der Waals surface area contributed by atoms with Gasteiger partial charge in [-0.15, -0.1) is 0 Å². The molecule has 2 rings (SSSR count). The Morgan fingerprint density at radius 3 is 2.81 bits per heavy atom. The Labute approximate surface area is 97.4 Å². The third kappa shape index (κ3) is 2.70. The van der Waals surface area contributed by atoms with Crippen molar-refractivity contribution in [1.29, 1.82) is 0 Å². The van der Waals surface area contributed by atoms with E-state index in [1.807, 2.05) is 6.07 Å². The zero-order valence-corrected chi connectivity index (χ0v) is 9.65. The van der Waals surface area contributed by atoms with Crippen LogP contribution in [0.3, 0.4) is 0 Å². The molecule has 0 amide bonds. The SMILES string of the molecule is Cn1ccc(CSc2ncccn2)cc1=O. The third-order valence-electron chi connectivity index (χ3n) is 2.08. The van der Waals surface area contributed by atoms with Crippen LogP contribution in [-0.4, -0.2) is 14.5 Å². The molecule has 0 bridgehead atoms. The van der Waals surface area contributed by atoms with E-state index in [9.17, 15) is 4.79 Å². The minimum Gasteiger partial charge on any atom is -0.319 e. The second-order valence-corrected chi connectivity index (χ2v) is 4.25. The maximum atomic E-state index is 11.4. The standard InChI is InChI=1S/C11H11N3OS/c1-14-6-3-9(7-10(14)15)8-16-11-12-4-2-5-13-11/h2-7H,8H2,1H3. The Balaban J connectivity index is 2.05. The van der Waals surface area contributed by atoms with Crippen molar-refractivity contribution in [3.63, 3.8) is 0 Å². The molecular weight excluding hydrogens is 222 g/mol. The maximum Gasteiger partial charge on any atom is 0.250 e. The van der Waals surface area contributed by atoms with E-state index in [-0.39, 0.29) is 5.56 Å². The summed E-state index contributed by atoms with van der Waals surface area (Å²) in [5.74, 6) is 0.708. The van der Waals surface area contributed by atoms with Gasteiger partial charge >= 0.3 is 0 Å². The molecule has 2 aromatic rings. The van der Waals surface area contributed by atoms with E-state index < -0.39 is 0 Å². The van der Waals surface area contributed by atoms with Gasteiger partial charge in [-0.3, -0.25) is 4.79 Å². The molecule has 0 unspecified atom stereocenters. The fourth-order valence-electron chi connectivity index (χ4n) is 1.19. The first-order chi connectivity index (χ1) is 7.75. The molecule has 0 atom stereocenters. The van der Waals surface area contributed by atoms with Crippen LogP contribution in [0.15, 0.2) is 46.7 Å². The van der Waals surface area contributed by atoms with Gasteiger partial charge < -0.3 is 4.57 Å². The molecule has 0 N–H and O–H groups in total. The van der Waals surface area contributed by atoms with E-state index in [1.54, 1.807) is 42.3 Å². The Bertz CT molecular complexity index is 524. The molecule has 0 saturated heterocycles. The van der Waals surface area contributed by atoms with Crippen LogP contribution < -0.4 is 5.56 Å². The number of hydrogen-bond donors (Lipinski definition) is 0. The smallest absolute Gasteiger partial charge is 0.250 e. The van der Waals surface area contributed by atoms with Crippen LogP contribution in [0.1, 0.15) is 5.56 Å². The Morgan fingerprint density at radius 2 is 2.12 bits per heavy atom. The molecule has 2 heterocycles. The highest BCUT2D eigenvalue weighted by molar-refractivity contribution is 7.98. The lowest BCUT2D eigenvalue weighted by molar-refractivity contribution is 0.855. The summed E-state index contributed by atoms with van der Waals surface area (Å²) in [7, 11) is 1.74. The fourth-order valence-corrected chi connectivity index (χ4v) is 1.93. The first kappa shape index (κ1) is 10.9. The van der Waals surface area contributed by atoms with E-state index in [0.717, 1.165) is 10.7 Å². The van der Waals surface area contributed by atoms with E-state index >= 15 is 0 Å². The van der Waals surface area contributed by atoms with Crippen molar-refractivity contribution >= 4 is 11.8 Å². The molecule has 0 aliphatic heterocycles. The Kier molecular flexibility index (Phi) is 3.36. The van der Waals surface area contributed by atoms with Gasteiger partial charge in [-0.2, -0.15) is 0 Å². The maximum absolute atomic E-state index is 11.4. The molecule has 0 aliphatic rings. The van der Waals surface area contributed by atoms with Crippen LogP contribution in [0, 0.1) is 0 Å². The molecule has 82 valence electrons. The van der Waals surface area contributed by atoms with E-state index in [1.165, 1.54) is 11.8 Å². The Hall–Kier alpha value is -1.62. The number of aryl methyl sites for hydroxylation is 1. The van der Waals surface area contributed by atoms with Crippen LogP contribution in [0.5, 0.6) is 0 Å². The summed E-state index contributed by atoms with van der Waals surface area (Å²) in [6.45, 7) is 0. The largest absolute Gasteiger partial charge is 0.319 e. The van der Waals surface area contributed by atoms with Gasteiger partial charge in [0, 0.05) is 37.5 Å². The van der Waals surface area contributed by atoms with Crippen LogP contribution in [0.2, 0.25) is 0 Å². The topological polar surface area (TPSA) is 47.8 Å². The van der Waals surface area contributed by atoms with Crippen molar-refractivity contribution in [2.75, 3.05) is 0 Å². The van der Waals surface area contributed by atoms with Gasteiger partial charge in [-0.05, 0) is 17.7 Å². The first-order valence-electron chi connectivity index (χ1n) is 4.81. The average Bonchev–Trinajstić information content (AvgIpc) is 2.32. The second-order valence-electron chi connectivity index (χ2n) is 3.30. The molecule has 0 aromatic carbocycles. The molecule has 0 spiro atoms. The number of aromatic nitrogens is 3. The van der Waals surface area contributed by atoms with Crippen molar-refractivity contribution < 1.29 is 0 Å². The number of thioether (sulfide) groups is 1. The number of nitrogens with zero attached hydrogens (tertiary/aromatic N) is 3. The van der Waals surface area contributed by atoms with Crippen molar-refractivity contribution in [3.05, 3.63) is 52.7 Å². The van der Waals surface area contributed by atoms with Crippen molar-refractivity contribution in [2.24, 2.45) is 7.05 Å². The highest BCUT2D eigenvalue weighted by Gasteiger charge is 1.99. The summed E-state index contributed by atoms with van der Waals surface area (Å²) in [6.07, 6.45) is 5.18. The molecule has 0 aliphatic carbocycles. The van der Waals surface area contributed by atoms with Crippen LogP contribution in [0.25, 0.3) is 0 Å². The van der Waals surface area contributed by atoms with Crippen LogP contribution in [0.4, 0.5) is 0 Å². The van der Waals surface area contributed by atoms with Crippen molar-refractivity contribution in [3.8, 4) is 0 Å². The molecule has 16 heavy (non-hydrogen) atoms. The summed E-state index contributed by atoms with van der Waals surface area (Å²) in [4.78, 5) is 19.6. The lowest BCUT2D eigenvalue weighted by atomic mass is 10.3. The van der Waals surface area contributed by atoms with Crippen molar-refractivity contribution in [1.82, 2.24) is 14.5 Å². The van der Waals surface area contributed by atoms with Gasteiger partial charge in [0.05, 0.1) is 0 Å². The second kappa shape index (κ2) is 4.94. The number of hydrogen-bond acceptors (Lipinski definition) is 4.